The van der Waals surface area contributed by atoms with Crippen LogP contribution in [0.3, 0.4) is 0 Å². The summed E-state index contributed by atoms with van der Waals surface area (Å²) in [6.07, 6.45) is 3.86. The topological polar surface area (TPSA) is 43.1 Å². The molecule has 2 rings (SSSR count). The zero-order valence-electron chi connectivity index (χ0n) is 6.57. The number of aromatic nitrogens is 1. The molecule has 60 valence electrons. The number of hydrogen-bond donors (Lipinski definition) is 0. The molecule has 3 nitrogen and oxygen atoms in total. The molecule has 2 heterocycles. The average Bonchev–Trinajstić information content (AvgIpc) is 2.46. The van der Waals surface area contributed by atoms with E-state index in [9.17, 15) is 4.79 Å². The van der Waals surface area contributed by atoms with Crippen LogP contribution in [-0.2, 0) is 0 Å². The van der Waals surface area contributed by atoms with Gasteiger partial charge in [-0.05, 0) is 6.92 Å². The van der Waals surface area contributed by atoms with Gasteiger partial charge in [-0.2, -0.15) is 0 Å². The van der Waals surface area contributed by atoms with Crippen LogP contribution in [0.25, 0.3) is 11.0 Å². The molecule has 0 unspecified atom stereocenters. The lowest BCUT2D eigenvalue weighted by atomic mass is 10.2. The van der Waals surface area contributed by atoms with Crippen molar-refractivity contribution in [3.8, 4) is 0 Å². The van der Waals surface area contributed by atoms with Crippen LogP contribution < -0.4 is 0 Å². The monoisotopic (exact) mass is 161 g/mol. The number of carbonyl (C=O) groups is 1. The van der Waals surface area contributed by atoms with Gasteiger partial charge in [0.2, 0.25) is 0 Å². The lowest BCUT2D eigenvalue weighted by molar-refractivity contribution is 0.112. The standard InChI is InChI=1S/C9H7NO2/c1-6-2-9-8(3-10-6)7(4-11)5-12-9/h2-5H,1H3. The Morgan fingerprint density at radius 2 is 2.42 bits per heavy atom. The summed E-state index contributed by atoms with van der Waals surface area (Å²) in [5.74, 6) is 0. The molecule has 0 bridgehead atoms. The van der Waals surface area contributed by atoms with Gasteiger partial charge < -0.3 is 4.42 Å². The Hall–Kier alpha value is -1.64. The highest BCUT2D eigenvalue weighted by atomic mass is 16.3. The Morgan fingerprint density at radius 3 is 3.17 bits per heavy atom. The van der Waals surface area contributed by atoms with Crippen molar-refractivity contribution in [2.24, 2.45) is 0 Å². The van der Waals surface area contributed by atoms with E-state index in [1.165, 1.54) is 6.26 Å². The molecule has 0 saturated heterocycles. The molecule has 0 atom stereocenters. The van der Waals surface area contributed by atoms with E-state index in [1.54, 1.807) is 6.20 Å². The molecule has 0 fully saturated rings. The highest BCUT2D eigenvalue weighted by molar-refractivity contribution is 5.95. The molecule has 0 radical (unpaired) electrons. The maximum atomic E-state index is 10.5. The second-order valence-electron chi connectivity index (χ2n) is 2.63. The molecule has 0 saturated carbocycles. The van der Waals surface area contributed by atoms with Crippen LogP contribution in [0.2, 0.25) is 0 Å². The molecule has 12 heavy (non-hydrogen) atoms. The second kappa shape index (κ2) is 2.44. The van der Waals surface area contributed by atoms with Gasteiger partial charge in [-0.15, -0.1) is 0 Å². The van der Waals surface area contributed by atoms with E-state index < -0.39 is 0 Å². The quantitative estimate of drug-likeness (QED) is 0.600. The molecule has 0 N–H and O–H groups in total. The Kier molecular flexibility index (Phi) is 1.43. The average molecular weight is 161 g/mol. The zero-order valence-corrected chi connectivity index (χ0v) is 6.57. The van der Waals surface area contributed by atoms with Gasteiger partial charge in [0, 0.05) is 23.3 Å². The summed E-state index contributed by atoms with van der Waals surface area (Å²) in [6, 6.07) is 1.81. The molecule has 0 aliphatic heterocycles. The first-order valence-electron chi connectivity index (χ1n) is 3.60. The van der Waals surface area contributed by atoms with Crippen molar-refractivity contribution in [2.75, 3.05) is 0 Å². The van der Waals surface area contributed by atoms with Gasteiger partial charge in [-0.25, -0.2) is 0 Å². The molecular weight excluding hydrogens is 154 g/mol. The number of carbonyl (C=O) groups excluding carboxylic acids is 1. The van der Waals surface area contributed by atoms with Gasteiger partial charge in [0.25, 0.3) is 0 Å². The van der Waals surface area contributed by atoms with Crippen LogP contribution in [0.4, 0.5) is 0 Å². The van der Waals surface area contributed by atoms with Crippen molar-refractivity contribution >= 4 is 17.3 Å². The SMILES string of the molecule is Cc1cc2occ(C=O)c2cn1. The molecule has 0 amide bonds. The highest BCUT2D eigenvalue weighted by Crippen LogP contribution is 2.18. The Bertz CT molecular complexity index is 431. The Balaban J connectivity index is 2.81. The lowest BCUT2D eigenvalue weighted by Gasteiger charge is -1.89. The number of nitrogens with zero attached hydrogens (tertiary/aromatic N) is 1. The summed E-state index contributed by atoms with van der Waals surface area (Å²) >= 11 is 0. The summed E-state index contributed by atoms with van der Waals surface area (Å²) < 4.78 is 5.15. The van der Waals surface area contributed by atoms with E-state index >= 15 is 0 Å². The van der Waals surface area contributed by atoms with Crippen molar-refractivity contribution in [3.63, 3.8) is 0 Å². The fourth-order valence-electron chi connectivity index (χ4n) is 1.13. The van der Waals surface area contributed by atoms with Gasteiger partial charge in [-0.1, -0.05) is 0 Å². The van der Waals surface area contributed by atoms with Gasteiger partial charge in [0.1, 0.15) is 11.8 Å². The molecular formula is C9H7NO2. The van der Waals surface area contributed by atoms with E-state index in [0.29, 0.717) is 11.1 Å². The largest absolute Gasteiger partial charge is 0.463 e. The van der Waals surface area contributed by atoms with Crippen molar-refractivity contribution in [3.05, 3.63) is 29.8 Å². The van der Waals surface area contributed by atoms with E-state index in [1.807, 2.05) is 13.0 Å². The van der Waals surface area contributed by atoms with Crippen LogP contribution in [0.1, 0.15) is 16.1 Å². The second-order valence-corrected chi connectivity index (χ2v) is 2.63. The Labute approximate surface area is 69.0 Å². The number of pyridine rings is 1. The minimum absolute atomic E-state index is 0.553. The number of fused-ring (bicyclic) bond motifs is 1. The maximum absolute atomic E-state index is 10.5. The molecule has 2 aromatic rings. The van der Waals surface area contributed by atoms with E-state index in [0.717, 1.165) is 17.4 Å². The van der Waals surface area contributed by atoms with Gasteiger partial charge in [-0.3, -0.25) is 9.78 Å². The smallest absolute Gasteiger partial charge is 0.153 e. The third-order valence-electron chi connectivity index (χ3n) is 1.75. The summed E-state index contributed by atoms with van der Waals surface area (Å²) in [5.41, 5.74) is 2.15. The first-order chi connectivity index (χ1) is 5.81. The van der Waals surface area contributed by atoms with Gasteiger partial charge >= 0.3 is 0 Å². The minimum Gasteiger partial charge on any atom is -0.463 e. The van der Waals surface area contributed by atoms with Crippen molar-refractivity contribution in [1.82, 2.24) is 4.98 Å². The lowest BCUT2D eigenvalue weighted by Crippen LogP contribution is -1.80. The number of hydrogen-bond acceptors (Lipinski definition) is 3. The van der Waals surface area contributed by atoms with Crippen molar-refractivity contribution in [2.45, 2.75) is 6.92 Å². The van der Waals surface area contributed by atoms with Crippen molar-refractivity contribution < 1.29 is 9.21 Å². The summed E-state index contributed by atoms with van der Waals surface area (Å²) in [4.78, 5) is 14.5. The number of rotatable bonds is 1. The van der Waals surface area contributed by atoms with E-state index in [4.69, 9.17) is 4.42 Å². The third kappa shape index (κ3) is 0.906. The Morgan fingerprint density at radius 1 is 1.58 bits per heavy atom. The summed E-state index contributed by atoms with van der Waals surface area (Å²) in [5, 5.41) is 0.774. The summed E-state index contributed by atoms with van der Waals surface area (Å²) in [6.45, 7) is 1.88. The zero-order chi connectivity index (χ0) is 8.55. The molecule has 0 aliphatic rings. The van der Waals surface area contributed by atoms with Crippen LogP contribution in [-0.4, -0.2) is 11.3 Å². The number of aryl methyl sites for hydroxylation is 1. The highest BCUT2D eigenvalue weighted by Gasteiger charge is 2.04. The molecule has 2 aromatic heterocycles. The van der Waals surface area contributed by atoms with Gasteiger partial charge in [0.05, 0.1) is 5.56 Å². The maximum Gasteiger partial charge on any atom is 0.153 e. The fourth-order valence-corrected chi connectivity index (χ4v) is 1.13. The van der Waals surface area contributed by atoms with Crippen LogP contribution in [0.15, 0.2) is 22.9 Å². The van der Waals surface area contributed by atoms with Crippen LogP contribution in [0, 0.1) is 6.92 Å². The van der Waals surface area contributed by atoms with E-state index in [2.05, 4.69) is 4.98 Å². The first kappa shape index (κ1) is 7.03. The fraction of sp³-hybridized carbons (Fsp3) is 0.111. The predicted octanol–water partition coefficient (Wildman–Crippen LogP) is 1.95. The summed E-state index contributed by atoms with van der Waals surface area (Å²) in [7, 11) is 0. The number of aldehydes is 1. The van der Waals surface area contributed by atoms with Crippen LogP contribution >= 0.6 is 0 Å². The molecule has 0 spiro atoms. The molecule has 0 aromatic carbocycles. The molecule has 0 aliphatic carbocycles. The minimum atomic E-state index is 0.553. The number of furan rings is 1. The van der Waals surface area contributed by atoms with Gasteiger partial charge in [0.15, 0.2) is 6.29 Å². The first-order valence-corrected chi connectivity index (χ1v) is 3.60. The normalized spacial score (nSPS) is 10.4. The molecule has 3 heteroatoms. The third-order valence-corrected chi connectivity index (χ3v) is 1.75. The van der Waals surface area contributed by atoms with Crippen molar-refractivity contribution in [1.29, 1.82) is 0 Å². The predicted molar refractivity (Wildman–Crippen MR) is 44.1 cm³/mol. The van der Waals surface area contributed by atoms with Crippen LogP contribution in [0.5, 0.6) is 0 Å². The van der Waals surface area contributed by atoms with E-state index in [-0.39, 0.29) is 0 Å².